The molecule has 150 valence electrons. The van der Waals surface area contributed by atoms with Crippen LogP contribution in [0.2, 0.25) is 0 Å². The molecule has 0 saturated carbocycles. The van der Waals surface area contributed by atoms with Crippen molar-refractivity contribution in [3.05, 3.63) is 59.7 Å². The Balaban J connectivity index is 1.67. The van der Waals surface area contributed by atoms with Gasteiger partial charge < -0.3 is 14.4 Å². The molecule has 1 heterocycles. The molecule has 0 bridgehead atoms. The molecule has 1 amide bonds. The molecule has 2 aromatic rings. The second kappa shape index (κ2) is 9.59. The molecule has 0 unspecified atom stereocenters. The third-order valence-corrected chi connectivity index (χ3v) is 5.59. The molecular weight excluding hydrogens is 388 g/mol. The molecule has 0 aliphatic carbocycles. The zero-order chi connectivity index (χ0) is 20.8. The molecular formula is C22H22N2O4S. The minimum absolute atomic E-state index is 0.0456. The highest BCUT2D eigenvalue weighted by atomic mass is 32.2. The van der Waals surface area contributed by atoms with Crippen LogP contribution >= 0.6 is 11.8 Å². The van der Waals surface area contributed by atoms with E-state index in [1.54, 1.807) is 35.2 Å². The molecule has 1 aliphatic rings. The average molecular weight is 410 g/mol. The quantitative estimate of drug-likeness (QED) is 0.702. The number of ether oxygens (including phenoxy) is 2. The first-order valence-corrected chi connectivity index (χ1v) is 10.2. The van der Waals surface area contributed by atoms with Gasteiger partial charge in [0.05, 0.1) is 23.3 Å². The van der Waals surface area contributed by atoms with Gasteiger partial charge in [-0.2, -0.15) is 5.26 Å². The van der Waals surface area contributed by atoms with Crippen molar-refractivity contribution in [3.63, 3.8) is 0 Å². The third-order valence-electron chi connectivity index (χ3n) is 4.43. The summed E-state index contributed by atoms with van der Waals surface area (Å²) in [6.07, 6.45) is -0.0912. The standard InChI is InChI=1S/C22H22N2O4S/c1-15-12-24(13-16(2)28-15)21(25)14-27-22(26)18-8-4-6-10-20(18)29-19-9-5-3-7-17(19)11-23/h3-10,15-16H,12-14H2,1-2H3/t15-,16-/m0/s1. The van der Waals surface area contributed by atoms with Crippen molar-refractivity contribution in [2.45, 2.75) is 35.8 Å². The highest BCUT2D eigenvalue weighted by molar-refractivity contribution is 7.99. The van der Waals surface area contributed by atoms with Crippen molar-refractivity contribution in [2.24, 2.45) is 0 Å². The van der Waals surface area contributed by atoms with Crippen molar-refractivity contribution in [2.75, 3.05) is 19.7 Å². The fourth-order valence-corrected chi connectivity index (χ4v) is 4.18. The molecule has 0 aromatic heterocycles. The fraction of sp³-hybridized carbons (Fsp3) is 0.318. The average Bonchev–Trinajstić information content (AvgIpc) is 2.72. The number of rotatable bonds is 5. The Labute approximate surface area is 174 Å². The number of hydrogen-bond donors (Lipinski definition) is 0. The maximum Gasteiger partial charge on any atom is 0.339 e. The topological polar surface area (TPSA) is 79.6 Å². The molecule has 6 nitrogen and oxygen atoms in total. The van der Waals surface area contributed by atoms with E-state index in [1.807, 2.05) is 32.0 Å². The molecule has 0 N–H and O–H groups in total. The van der Waals surface area contributed by atoms with E-state index in [0.29, 0.717) is 29.1 Å². The van der Waals surface area contributed by atoms with Crippen molar-refractivity contribution in [3.8, 4) is 6.07 Å². The van der Waals surface area contributed by atoms with E-state index >= 15 is 0 Å². The Morgan fingerprint density at radius 1 is 1.10 bits per heavy atom. The van der Waals surface area contributed by atoms with Gasteiger partial charge in [0, 0.05) is 22.9 Å². The number of nitrogens with zero attached hydrogens (tertiary/aromatic N) is 2. The van der Waals surface area contributed by atoms with Crippen LogP contribution in [0.4, 0.5) is 0 Å². The summed E-state index contributed by atoms with van der Waals surface area (Å²) in [5.74, 6) is -0.800. The maximum absolute atomic E-state index is 12.6. The van der Waals surface area contributed by atoms with E-state index in [2.05, 4.69) is 6.07 Å². The van der Waals surface area contributed by atoms with Crippen LogP contribution in [-0.2, 0) is 14.3 Å². The second-order valence-corrected chi connectivity index (χ2v) is 7.92. The lowest BCUT2D eigenvalue weighted by atomic mass is 10.2. The Hall–Kier alpha value is -2.82. The van der Waals surface area contributed by atoms with Gasteiger partial charge in [0.25, 0.3) is 5.91 Å². The number of carbonyl (C=O) groups excluding carboxylic acids is 2. The zero-order valence-electron chi connectivity index (χ0n) is 16.3. The molecule has 3 rings (SSSR count). The van der Waals surface area contributed by atoms with Gasteiger partial charge in [0.2, 0.25) is 0 Å². The third kappa shape index (κ3) is 5.37. The number of amides is 1. The first kappa shape index (κ1) is 20.9. The van der Waals surface area contributed by atoms with Crippen LogP contribution in [-0.4, -0.2) is 48.7 Å². The van der Waals surface area contributed by atoms with Gasteiger partial charge in [0.15, 0.2) is 6.61 Å². The predicted octanol–water partition coefficient (Wildman–Crippen LogP) is 3.50. The number of morpholine rings is 1. The Morgan fingerprint density at radius 2 is 1.72 bits per heavy atom. The first-order chi connectivity index (χ1) is 14.0. The largest absolute Gasteiger partial charge is 0.452 e. The van der Waals surface area contributed by atoms with Gasteiger partial charge in [-0.3, -0.25) is 4.79 Å². The molecule has 0 spiro atoms. The molecule has 2 atom stereocenters. The van der Waals surface area contributed by atoms with Crippen molar-refractivity contribution in [1.82, 2.24) is 4.90 Å². The Bertz CT molecular complexity index is 930. The van der Waals surface area contributed by atoms with E-state index in [4.69, 9.17) is 9.47 Å². The smallest absolute Gasteiger partial charge is 0.339 e. The Morgan fingerprint density at radius 3 is 2.41 bits per heavy atom. The SMILES string of the molecule is C[C@H]1CN(C(=O)COC(=O)c2ccccc2Sc2ccccc2C#N)C[C@H](C)O1. The van der Waals surface area contributed by atoms with E-state index in [9.17, 15) is 14.9 Å². The number of benzene rings is 2. The fourth-order valence-electron chi connectivity index (χ4n) is 3.17. The summed E-state index contributed by atoms with van der Waals surface area (Å²) >= 11 is 1.32. The lowest BCUT2D eigenvalue weighted by Gasteiger charge is -2.35. The Kier molecular flexibility index (Phi) is 6.91. The summed E-state index contributed by atoms with van der Waals surface area (Å²) in [6, 6.07) is 16.3. The van der Waals surface area contributed by atoms with Gasteiger partial charge in [0.1, 0.15) is 6.07 Å². The van der Waals surface area contributed by atoms with E-state index in [-0.39, 0.29) is 24.7 Å². The molecule has 29 heavy (non-hydrogen) atoms. The van der Waals surface area contributed by atoms with Gasteiger partial charge in [-0.1, -0.05) is 36.0 Å². The van der Waals surface area contributed by atoms with Crippen LogP contribution in [0, 0.1) is 11.3 Å². The van der Waals surface area contributed by atoms with Gasteiger partial charge in [-0.25, -0.2) is 4.79 Å². The first-order valence-electron chi connectivity index (χ1n) is 9.34. The van der Waals surface area contributed by atoms with Crippen LogP contribution < -0.4 is 0 Å². The highest BCUT2D eigenvalue weighted by Crippen LogP contribution is 2.32. The van der Waals surface area contributed by atoms with Crippen LogP contribution in [0.3, 0.4) is 0 Å². The summed E-state index contributed by atoms with van der Waals surface area (Å²) in [7, 11) is 0. The second-order valence-electron chi connectivity index (χ2n) is 6.84. The molecule has 1 aliphatic heterocycles. The summed E-state index contributed by atoms with van der Waals surface area (Å²) in [4.78, 5) is 28.1. The monoisotopic (exact) mass is 410 g/mol. The lowest BCUT2D eigenvalue weighted by molar-refractivity contribution is -0.146. The predicted molar refractivity (Wildman–Crippen MR) is 109 cm³/mol. The molecule has 1 fully saturated rings. The minimum Gasteiger partial charge on any atom is -0.452 e. The van der Waals surface area contributed by atoms with Crippen LogP contribution in [0.25, 0.3) is 0 Å². The summed E-state index contributed by atoms with van der Waals surface area (Å²) in [5.41, 5.74) is 0.896. The van der Waals surface area contributed by atoms with E-state index in [1.165, 1.54) is 11.8 Å². The molecule has 1 saturated heterocycles. The minimum atomic E-state index is -0.565. The zero-order valence-corrected chi connectivity index (χ0v) is 17.1. The van der Waals surface area contributed by atoms with Crippen molar-refractivity contribution < 1.29 is 19.1 Å². The molecule has 7 heteroatoms. The molecule has 0 radical (unpaired) electrons. The van der Waals surface area contributed by atoms with Crippen LogP contribution in [0.5, 0.6) is 0 Å². The van der Waals surface area contributed by atoms with Crippen LogP contribution in [0.1, 0.15) is 29.8 Å². The highest BCUT2D eigenvalue weighted by Gasteiger charge is 2.26. The summed E-state index contributed by atoms with van der Waals surface area (Å²) in [5, 5.41) is 9.28. The van der Waals surface area contributed by atoms with Crippen molar-refractivity contribution >= 4 is 23.6 Å². The normalized spacial score (nSPS) is 18.7. The number of esters is 1. The summed E-state index contributed by atoms with van der Waals surface area (Å²) in [6.45, 7) is 4.48. The summed E-state index contributed by atoms with van der Waals surface area (Å²) < 4.78 is 10.9. The number of hydrogen-bond acceptors (Lipinski definition) is 6. The van der Waals surface area contributed by atoms with E-state index < -0.39 is 5.97 Å². The number of carbonyl (C=O) groups is 2. The van der Waals surface area contributed by atoms with Crippen molar-refractivity contribution in [1.29, 1.82) is 5.26 Å². The van der Waals surface area contributed by atoms with E-state index in [0.717, 1.165) is 4.90 Å². The van der Waals surface area contributed by atoms with Gasteiger partial charge in [-0.05, 0) is 38.1 Å². The van der Waals surface area contributed by atoms with Gasteiger partial charge >= 0.3 is 5.97 Å². The van der Waals surface area contributed by atoms with Crippen LogP contribution in [0.15, 0.2) is 58.3 Å². The number of nitriles is 1. The lowest BCUT2D eigenvalue weighted by Crippen LogP contribution is -2.49. The van der Waals surface area contributed by atoms with Gasteiger partial charge in [-0.15, -0.1) is 0 Å². The molecule has 2 aromatic carbocycles. The maximum atomic E-state index is 12.6.